The molecule has 34 heavy (non-hydrogen) atoms. The molecule has 178 valence electrons. The van der Waals surface area contributed by atoms with Crippen molar-refractivity contribution in [3.8, 4) is 11.5 Å². The molecule has 0 radical (unpaired) electrons. The molecule has 7 nitrogen and oxygen atoms in total. The summed E-state index contributed by atoms with van der Waals surface area (Å²) in [6.07, 6.45) is 2.03. The summed E-state index contributed by atoms with van der Waals surface area (Å²) < 4.78 is 13.4. The quantitative estimate of drug-likeness (QED) is 0.513. The van der Waals surface area contributed by atoms with Gasteiger partial charge in [-0.25, -0.2) is 0 Å². The second-order valence-electron chi connectivity index (χ2n) is 8.58. The van der Waals surface area contributed by atoms with Crippen molar-refractivity contribution in [1.82, 2.24) is 14.4 Å². The van der Waals surface area contributed by atoms with Crippen molar-refractivity contribution < 1.29 is 19.1 Å². The van der Waals surface area contributed by atoms with E-state index in [1.165, 1.54) is 0 Å². The summed E-state index contributed by atoms with van der Waals surface area (Å²) in [6.45, 7) is 4.94. The molecular weight excluding hydrogens is 430 g/mol. The van der Waals surface area contributed by atoms with Crippen LogP contribution in [0.5, 0.6) is 11.5 Å². The summed E-state index contributed by atoms with van der Waals surface area (Å²) in [5.41, 5.74) is 1.95. The van der Waals surface area contributed by atoms with E-state index >= 15 is 0 Å². The first-order valence-corrected chi connectivity index (χ1v) is 11.5. The van der Waals surface area contributed by atoms with Gasteiger partial charge in [-0.3, -0.25) is 9.59 Å². The highest BCUT2D eigenvalue weighted by atomic mass is 16.5. The highest BCUT2D eigenvalue weighted by Crippen LogP contribution is 2.37. The van der Waals surface area contributed by atoms with Gasteiger partial charge in [-0.05, 0) is 44.2 Å². The van der Waals surface area contributed by atoms with Crippen LogP contribution in [0, 0.1) is 0 Å². The van der Waals surface area contributed by atoms with Crippen LogP contribution in [0.25, 0.3) is 0 Å². The minimum Gasteiger partial charge on any atom is -0.496 e. The SMILES string of the molecule is COc1ccccc1C1c2cccn2CCN1C(=O)CN(C(=O)COc1ccccc1)C(C)C. The van der Waals surface area contributed by atoms with Crippen LogP contribution in [0.3, 0.4) is 0 Å². The molecule has 1 unspecified atom stereocenters. The van der Waals surface area contributed by atoms with Crippen LogP contribution >= 0.6 is 0 Å². The van der Waals surface area contributed by atoms with Crippen molar-refractivity contribution in [2.45, 2.75) is 32.5 Å². The van der Waals surface area contributed by atoms with Crippen molar-refractivity contribution in [2.24, 2.45) is 0 Å². The Morgan fingerprint density at radius 3 is 2.47 bits per heavy atom. The van der Waals surface area contributed by atoms with Gasteiger partial charge in [0.05, 0.1) is 7.11 Å². The zero-order valence-electron chi connectivity index (χ0n) is 19.9. The molecule has 0 saturated heterocycles. The maximum absolute atomic E-state index is 13.6. The number of ether oxygens (including phenoxy) is 2. The number of nitrogens with zero attached hydrogens (tertiary/aromatic N) is 3. The summed E-state index contributed by atoms with van der Waals surface area (Å²) in [5, 5.41) is 0. The van der Waals surface area contributed by atoms with Gasteiger partial charge in [0, 0.05) is 36.6 Å². The molecular formula is C27H31N3O4. The molecule has 3 aromatic rings. The van der Waals surface area contributed by atoms with Gasteiger partial charge >= 0.3 is 0 Å². The first kappa shape index (κ1) is 23.4. The molecule has 0 saturated carbocycles. The maximum atomic E-state index is 13.6. The van der Waals surface area contributed by atoms with Crippen LogP contribution in [0.2, 0.25) is 0 Å². The van der Waals surface area contributed by atoms with Gasteiger partial charge in [0.15, 0.2) is 6.61 Å². The normalized spacial score (nSPS) is 15.1. The number of carbonyl (C=O) groups is 2. The fourth-order valence-corrected chi connectivity index (χ4v) is 4.41. The van der Waals surface area contributed by atoms with Crippen LogP contribution in [0.15, 0.2) is 72.9 Å². The standard InChI is InChI=1S/C27H31N3O4/c1-20(2)30(26(32)19-34-21-10-5-4-6-11-21)18-25(31)29-17-16-28-15-9-13-23(28)27(29)22-12-7-8-14-24(22)33-3/h4-15,20,27H,16-19H2,1-3H3. The molecule has 1 aliphatic heterocycles. The Morgan fingerprint density at radius 2 is 1.74 bits per heavy atom. The Bertz CT molecular complexity index is 1130. The summed E-state index contributed by atoms with van der Waals surface area (Å²) in [6, 6.07) is 20.6. The summed E-state index contributed by atoms with van der Waals surface area (Å²) in [4.78, 5) is 30.1. The molecule has 0 bridgehead atoms. The smallest absolute Gasteiger partial charge is 0.261 e. The third-order valence-corrected chi connectivity index (χ3v) is 6.15. The van der Waals surface area contributed by atoms with Crippen molar-refractivity contribution >= 4 is 11.8 Å². The van der Waals surface area contributed by atoms with Gasteiger partial charge in [0.1, 0.15) is 24.1 Å². The third kappa shape index (κ3) is 4.93. The van der Waals surface area contributed by atoms with Crippen molar-refractivity contribution in [3.05, 3.63) is 84.2 Å². The largest absolute Gasteiger partial charge is 0.496 e. The zero-order valence-corrected chi connectivity index (χ0v) is 19.9. The number of amides is 2. The summed E-state index contributed by atoms with van der Waals surface area (Å²) in [5.74, 6) is 1.03. The Morgan fingerprint density at radius 1 is 1.00 bits per heavy atom. The van der Waals surface area contributed by atoms with E-state index < -0.39 is 0 Å². The predicted molar refractivity (Wildman–Crippen MR) is 130 cm³/mol. The van der Waals surface area contributed by atoms with E-state index in [0.717, 1.165) is 17.0 Å². The molecule has 0 N–H and O–H groups in total. The molecule has 1 aliphatic rings. The third-order valence-electron chi connectivity index (χ3n) is 6.15. The lowest BCUT2D eigenvalue weighted by atomic mass is 9.98. The molecule has 0 spiro atoms. The highest BCUT2D eigenvalue weighted by molar-refractivity contribution is 5.86. The van der Waals surface area contributed by atoms with Gasteiger partial charge in [-0.1, -0.05) is 36.4 Å². The number of carbonyl (C=O) groups excluding carboxylic acids is 2. The number of benzene rings is 2. The minimum absolute atomic E-state index is 0.0129. The first-order valence-electron chi connectivity index (χ1n) is 11.5. The number of rotatable bonds is 8. The van der Waals surface area contributed by atoms with Crippen molar-refractivity contribution in [2.75, 3.05) is 26.8 Å². The number of aromatic nitrogens is 1. The van der Waals surface area contributed by atoms with E-state index in [2.05, 4.69) is 4.57 Å². The minimum atomic E-state index is -0.294. The van der Waals surface area contributed by atoms with Crippen LogP contribution < -0.4 is 9.47 Å². The van der Waals surface area contributed by atoms with Crippen LogP contribution in [0.1, 0.15) is 31.1 Å². The van der Waals surface area contributed by atoms with Gasteiger partial charge in [0.25, 0.3) is 5.91 Å². The Hall–Kier alpha value is -3.74. The second kappa shape index (κ2) is 10.5. The van der Waals surface area contributed by atoms with Gasteiger partial charge in [0.2, 0.25) is 5.91 Å². The number of methoxy groups -OCH3 is 1. The summed E-state index contributed by atoms with van der Waals surface area (Å²) >= 11 is 0. The van der Waals surface area contributed by atoms with Crippen LogP contribution in [-0.4, -0.2) is 59.0 Å². The lowest BCUT2D eigenvalue weighted by molar-refractivity contribution is -0.144. The molecule has 1 atom stereocenters. The Labute approximate surface area is 200 Å². The molecule has 1 aromatic heterocycles. The molecule has 4 rings (SSSR count). The molecule has 2 heterocycles. The number of fused-ring (bicyclic) bond motifs is 1. The van der Waals surface area contributed by atoms with E-state index in [0.29, 0.717) is 18.8 Å². The molecule has 7 heteroatoms. The Balaban J connectivity index is 1.55. The fraction of sp³-hybridized carbons (Fsp3) is 0.333. The first-order chi connectivity index (χ1) is 16.5. The lowest BCUT2D eigenvalue weighted by Gasteiger charge is -2.39. The highest BCUT2D eigenvalue weighted by Gasteiger charge is 2.35. The van der Waals surface area contributed by atoms with Crippen LogP contribution in [0.4, 0.5) is 0 Å². The van der Waals surface area contributed by atoms with E-state index in [1.807, 2.05) is 79.5 Å². The van der Waals surface area contributed by atoms with Crippen LogP contribution in [-0.2, 0) is 16.1 Å². The van der Waals surface area contributed by atoms with Gasteiger partial charge in [-0.2, -0.15) is 0 Å². The van der Waals surface area contributed by atoms with Crippen molar-refractivity contribution in [1.29, 1.82) is 0 Å². The van der Waals surface area contributed by atoms with E-state index in [-0.39, 0.29) is 37.0 Å². The van der Waals surface area contributed by atoms with Gasteiger partial charge in [-0.15, -0.1) is 0 Å². The predicted octanol–water partition coefficient (Wildman–Crippen LogP) is 3.74. The van der Waals surface area contributed by atoms with E-state index in [9.17, 15) is 9.59 Å². The molecule has 0 fully saturated rings. The second-order valence-corrected chi connectivity index (χ2v) is 8.58. The topological polar surface area (TPSA) is 64.0 Å². The van der Waals surface area contributed by atoms with Gasteiger partial charge < -0.3 is 23.8 Å². The number of hydrogen-bond donors (Lipinski definition) is 0. The fourth-order valence-electron chi connectivity index (χ4n) is 4.41. The monoisotopic (exact) mass is 461 g/mol. The number of para-hydroxylation sites is 2. The van der Waals surface area contributed by atoms with E-state index in [1.54, 1.807) is 24.1 Å². The molecule has 2 aromatic carbocycles. The van der Waals surface area contributed by atoms with Crippen molar-refractivity contribution in [3.63, 3.8) is 0 Å². The Kier molecular flexibility index (Phi) is 7.21. The maximum Gasteiger partial charge on any atom is 0.261 e. The average Bonchev–Trinajstić information content (AvgIpc) is 3.34. The lowest BCUT2D eigenvalue weighted by Crippen LogP contribution is -2.50. The van der Waals surface area contributed by atoms with E-state index in [4.69, 9.17) is 9.47 Å². The average molecular weight is 462 g/mol. The summed E-state index contributed by atoms with van der Waals surface area (Å²) in [7, 11) is 1.64. The molecule has 0 aliphatic carbocycles. The molecule has 2 amide bonds. The number of hydrogen-bond acceptors (Lipinski definition) is 4. The zero-order chi connectivity index (χ0) is 24.1.